The first-order chi connectivity index (χ1) is 13.2. The van der Waals surface area contributed by atoms with E-state index in [-0.39, 0.29) is 15.5 Å². The van der Waals surface area contributed by atoms with E-state index < -0.39 is 15.9 Å². The van der Waals surface area contributed by atoms with Gasteiger partial charge >= 0.3 is 0 Å². The molecule has 2 aromatic carbocycles. The minimum absolute atomic E-state index is 0.0909. The zero-order valence-corrected chi connectivity index (χ0v) is 17.8. The third kappa shape index (κ3) is 4.40. The van der Waals surface area contributed by atoms with Crippen LogP contribution in [0, 0.1) is 18.8 Å². The summed E-state index contributed by atoms with van der Waals surface area (Å²) in [5.74, 6) is 0.168. The monoisotopic (exact) mass is 420 g/mol. The zero-order chi connectivity index (χ0) is 20.5. The van der Waals surface area contributed by atoms with Gasteiger partial charge in [-0.1, -0.05) is 43.6 Å². The van der Waals surface area contributed by atoms with Crippen LogP contribution in [0.25, 0.3) is 0 Å². The molecular formula is C21H25ClN2O3S. The summed E-state index contributed by atoms with van der Waals surface area (Å²) >= 11 is 6.21. The molecule has 1 heterocycles. The van der Waals surface area contributed by atoms with Gasteiger partial charge in [-0.05, 0) is 55.0 Å². The average Bonchev–Trinajstić information content (AvgIpc) is 2.63. The topological polar surface area (TPSA) is 66.5 Å². The Bertz CT molecular complexity index is 981. The first-order valence-corrected chi connectivity index (χ1v) is 11.2. The van der Waals surface area contributed by atoms with Crippen molar-refractivity contribution in [2.24, 2.45) is 11.8 Å². The van der Waals surface area contributed by atoms with Gasteiger partial charge in [0.25, 0.3) is 5.91 Å². The Morgan fingerprint density at radius 2 is 1.75 bits per heavy atom. The predicted molar refractivity (Wildman–Crippen MR) is 112 cm³/mol. The van der Waals surface area contributed by atoms with Gasteiger partial charge in [0.15, 0.2) is 0 Å². The number of carbonyl (C=O) groups excluding carboxylic acids is 1. The summed E-state index contributed by atoms with van der Waals surface area (Å²) in [5.41, 5.74) is 1.71. The second kappa shape index (κ2) is 8.23. The molecule has 1 aliphatic rings. The van der Waals surface area contributed by atoms with Crippen LogP contribution in [0.2, 0.25) is 5.02 Å². The SMILES string of the molecule is Cc1ccccc1NC(=O)c1cc(S(=O)(=O)N2C[C@@H](C)C[C@H](C)C2)ccc1Cl. The quantitative estimate of drug-likeness (QED) is 0.787. The first-order valence-electron chi connectivity index (χ1n) is 9.35. The highest BCUT2D eigenvalue weighted by Crippen LogP contribution is 2.29. The number of hydrogen-bond donors (Lipinski definition) is 1. The molecule has 28 heavy (non-hydrogen) atoms. The molecule has 0 unspecified atom stereocenters. The lowest BCUT2D eigenvalue weighted by atomic mass is 9.94. The molecular weight excluding hydrogens is 396 g/mol. The Kier molecular flexibility index (Phi) is 6.12. The van der Waals surface area contributed by atoms with Gasteiger partial charge in [-0.15, -0.1) is 0 Å². The fraction of sp³-hybridized carbons (Fsp3) is 0.381. The molecule has 7 heteroatoms. The highest BCUT2D eigenvalue weighted by molar-refractivity contribution is 7.89. The molecule has 3 rings (SSSR count). The summed E-state index contributed by atoms with van der Waals surface area (Å²) in [4.78, 5) is 12.8. The van der Waals surface area contributed by atoms with Crippen LogP contribution >= 0.6 is 11.6 Å². The van der Waals surface area contributed by atoms with Crippen LogP contribution in [-0.2, 0) is 10.0 Å². The number of para-hydroxylation sites is 1. The van der Waals surface area contributed by atoms with Crippen molar-refractivity contribution in [3.05, 3.63) is 58.6 Å². The maximum Gasteiger partial charge on any atom is 0.257 e. The van der Waals surface area contributed by atoms with Crippen LogP contribution in [0.15, 0.2) is 47.4 Å². The molecule has 2 atom stereocenters. The molecule has 0 aliphatic carbocycles. The second-order valence-corrected chi connectivity index (χ2v) is 10.0. The van der Waals surface area contributed by atoms with Crippen molar-refractivity contribution in [3.63, 3.8) is 0 Å². The first kappa shape index (κ1) is 20.8. The third-order valence-electron chi connectivity index (χ3n) is 5.05. The van der Waals surface area contributed by atoms with E-state index in [0.717, 1.165) is 12.0 Å². The number of sulfonamides is 1. The minimum atomic E-state index is -3.69. The molecule has 2 aromatic rings. The molecule has 0 aromatic heterocycles. The van der Waals surface area contributed by atoms with E-state index in [1.165, 1.54) is 22.5 Å². The molecule has 1 N–H and O–H groups in total. The van der Waals surface area contributed by atoms with Crippen molar-refractivity contribution in [1.82, 2.24) is 4.31 Å². The van der Waals surface area contributed by atoms with E-state index in [9.17, 15) is 13.2 Å². The Hall–Kier alpha value is -1.89. The van der Waals surface area contributed by atoms with E-state index in [4.69, 9.17) is 11.6 Å². The molecule has 1 saturated heterocycles. The predicted octanol–water partition coefficient (Wildman–Crippen LogP) is 4.57. The van der Waals surface area contributed by atoms with E-state index >= 15 is 0 Å². The summed E-state index contributed by atoms with van der Waals surface area (Å²) in [7, 11) is -3.69. The van der Waals surface area contributed by atoms with Crippen molar-refractivity contribution in [3.8, 4) is 0 Å². The highest BCUT2D eigenvalue weighted by Gasteiger charge is 2.32. The number of nitrogens with one attached hydrogen (secondary N) is 1. The molecule has 0 spiro atoms. The summed E-state index contributed by atoms with van der Waals surface area (Å²) < 4.78 is 27.8. The number of rotatable bonds is 4. The number of anilines is 1. The Morgan fingerprint density at radius 1 is 1.11 bits per heavy atom. The minimum Gasteiger partial charge on any atom is -0.322 e. The molecule has 5 nitrogen and oxygen atoms in total. The molecule has 0 bridgehead atoms. The Balaban J connectivity index is 1.90. The maximum atomic E-state index is 13.1. The van der Waals surface area contributed by atoms with E-state index in [1.807, 2.05) is 25.1 Å². The average molecular weight is 421 g/mol. The fourth-order valence-electron chi connectivity index (χ4n) is 3.69. The number of carbonyl (C=O) groups is 1. The Labute approximate surface area is 171 Å². The zero-order valence-electron chi connectivity index (χ0n) is 16.3. The molecule has 0 radical (unpaired) electrons. The second-order valence-electron chi connectivity index (χ2n) is 7.68. The van der Waals surface area contributed by atoms with Gasteiger partial charge in [0.05, 0.1) is 15.5 Å². The smallest absolute Gasteiger partial charge is 0.257 e. The fourth-order valence-corrected chi connectivity index (χ4v) is 5.60. The van der Waals surface area contributed by atoms with Crippen molar-refractivity contribution in [2.45, 2.75) is 32.1 Å². The number of nitrogens with zero attached hydrogens (tertiary/aromatic N) is 1. The van der Waals surface area contributed by atoms with E-state index in [2.05, 4.69) is 19.2 Å². The standard InChI is InChI=1S/C21H25ClN2O3S/c1-14-10-15(2)13-24(12-14)28(26,27)17-8-9-19(22)18(11-17)21(25)23-20-7-5-4-6-16(20)3/h4-9,11,14-15H,10,12-13H2,1-3H3,(H,23,25)/t14-,15-/m0/s1. The van der Waals surface area contributed by atoms with Crippen molar-refractivity contribution in [2.75, 3.05) is 18.4 Å². The largest absolute Gasteiger partial charge is 0.322 e. The van der Waals surface area contributed by atoms with Crippen LogP contribution in [0.5, 0.6) is 0 Å². The molecule has 1 amide bonds. The van der Waals surface area contributed by atoms with Crippen LogP contribution in [0.3, 0.4) is 0 Å². The van der Waals surface area contributed by atoms with Crippen molar-refractivity contribution in [1.29, 1.82) is 0 Å². The lowest BCUT2D eigenvalue weighted by Crippen LogP contribution is -2.42. The molecule has 1 fully saturated rings. The number of halogens is 1. The summed E-state index contributed by atoms with van der Waals surface area (Å²) in [6.07, 6.45) is 1.01. The van der Waals surface area contributed by atoms with Crippen LogP contribution < -0.4 is 5.32 Å². The molecule has 0 saturated carbocycles. The highest BCUT2D eigenvalue weighted by atomic mass is 35.5. The maximum absolute atomic E-state index is 13.1. The molecule has 1 aliphatic heterocycles. The number of aryl methyl sites for hydroxylation is 1. The van der Waals surface area contributed by atoms with Gasteiger partial charge in [-0.2, -0.15) is 4.31 Å². The van der Waals surface area contributed by atoms with E-state index in [0.29, 0.717) is 30.6 Å². The number of amides is 1. The van der Waals surface area contributed by atoms with Gasteiger partial charge < -0.3 is 5.32 Å². The lowest BCUT2D eigenvalue weighted by molar-refractivity contribution is 0.102. The van der Waals surface area contributed by atoms with Crippen LogP contribution in [0.1, 0.15) is 36.2 Å². The summed E-state index contributed by atoms with van der Waals surface area (Å²) in [6, 6.07) is 11.7. The Morgan fingerprint density at radius 3 is 2.39 bits per heavy atom. The number of piperidine rings is 1. The van der Waals surface area contributed by atoms with Gasteiger partial charge in [-0.3, -0.25) is 4.79 Å². The normalized spacial score (nSPS) is 20.7. The summed E-state index contributed by atoms with van der Waals surface area (Å²) in [6.45, 7) is 6.97. The van der Waals surface area contributed by atoms with Gasteiger partial charge in [0.2, 0.25) is 10.0 Å². The van der Waals surface area contributed by atoms with E-state index in [1.54, 1.807) is 6.07 Å². The molecule has 150 valence electrons. The van der Waals surface area contributed by atoms with Gasteiger partial charge in [-0.25, -0.2) is 8.42 Å². The van der Waals surface area contributed by atoms with Crippen LogP contribution in [0.4, 0.5) is 5.69 Å². The van der Waals surface area contributed by atoms with Crippen molar-refractivity contribution >= 4 is 33.2 Å². The lowest BCUT2D eigenvalue weighted by Gasteiger charge is -2.34. The van der Waals surface area contributed by atoms with Gasteiger partial charge in [0.1, 0.15) is 0 Å². The van der Waals surface area contributed by atoms with Crippen molar-refractivity contribution < 1.29 is 13.2 Å². The van der Waals surface area contributed by atoms with Crippen LogP contribution in [-0.4, -0.2) is 31.7 Å². The third-order valence-corrected chi connectivity index (χ3v) is 7.21. The number of benzene rings is 2. The summed E-state index contributed by atoms with van der Waals surface area (Å²) in [5, 5.41) is 3.02. The van der Waals surface area contributed by atoms with Gasteiger partial charge in [0, 0.05) is 18.8 Å². The number of hydrogen-bond acceptors (Lipinski definition) is 3.